The highest BCUT2D eigenvalue weighted by atomic mass is 16.4. The van der Waals surface area contributed by atoms with Crippen molar-refractivity contribution in [2.24, 2.45) is 11.3 Å². The number of amides is 1. The summed E-state index contributed by atoms with van der Waals surface area (Å²) in [5.74, 6) is -0.948. The normalized spacial score (nSPS) is 22.5. The van der Waals surface area contributed by atoms with Crippen LogP contribution in [-0.2, 0) is 11.3 Å². The SMILES string of the molecule is CCn1cc(C(=O)N2CCC(C(=O)O)(C(C)C)C2)cn1. The Morgan fingerprint density at radius 2 is 2.20 bits per heavy atom. The molecule has 0 saturated carbocycles. The molecule has 1 unspecified atom stereocenters. The summed E-state index contributed by atoms with van der Waals surface area (Å²) in [6.07, 6.45) is 3.76. The molecule has 1 fully saturated rings. The topological polar surface area (TPSA) is 75.4 Å². The summed E-state index contributed by atoms with van der Waals surface area (Å²) in [6.45, 7) is 7.22. The third-order valence-corrected chi connectivity index (χ3v) is 4.32. The van der Waals surface area contributed by atoms with Crippen molar-refractivity contribution in [2.75, 3.05) is 13.1 Å². The number of aromatic nitrogens is 2. The van der Waals surface area contributed by atoms with Gasteiger partial charge < -0.3 is 10.0 Å². The van der Waals surface area contributed by atoms with Gasteiger partial charge in [-0.05, 0) is 19.3 Å². The van der Waals surface area contributed by atoms with Crippen molar-refractivity contribution in [3.8, 4) is 0 Å². The molecule has 6 heteroatoms. The Morgan fingerprint density at radius 3 is 2.65 bits per heavy atom. The summed E-state index contributed by atoms with van der Waals surface area (Å²) in [5, 5.41) is 13.6. The number of aliphatic carboxylic acids is 1. The van der Waals surface area contributed by atoms with Crippen molar-refractivity contribution in [3.63, 3.8) is 0 Å². The van der Waals surface area contributed by atoms with E-state index in [1.54, 1.807) is 22.0 Å². The first-order chi connectivity index (χ1) is 9.40. The van der Waals surface area contributed by atoms with Gasteiger partial charge in [0.25, 0.3) is 5.91 Å². The van der Waals surface area contributed by atoms with E-state index < -0.39 is 11.4 Å². The maximum absolute atomic E-state index is 12.4. The van der Waals surface area contributed by atoms with Crippen molar-refractivity contribution >= 4 is 11.9 Å². The smallest absolute Gasteiger partial charge is 0.311 e. The Labute approximate surface area is 118 Å². The van der Waals surface area contributed by atoms with Crippen LogP contribution in [0.1, 0.15) is 37.6 Å². The molecule has 1 aliphatic heterocycles. The Kier molecular flexibility index (Phi) is 3.83. The summed E-state index contributed by atoms with van der Waals surface area (Å²) < 4.78 is 1.69. The third-order valence-electron chi connectivity index (χ3n) is 4.32. The van der Waals surface area contributed by atoms with Crippen molar-refractivity contribution in [1.82, 2.24) is 14.7 Å². The number of nitrogens with zero attached hydrogens (tertiary/aromatic N) is 3. The molecule has 0 bridgehead atoms. The highest BCUT2D eigenvalue weighted by molar-refractivity contribution is 5.94. The van der Waals surface area contributed by atoms with Gasteiger partial charge in [0.05, 0.1) is 17.2 Å². The van der Waals surface area contributed by atoms with Gasteiger partial charge in [-0.25, -0.2) is 0 Å². The fourth-order valence-corrected chi connectivity index (χ4v) is 2.73. The van der Waals surface area contributed by atoms with E-state index in [9.17, 15) is 14.7 Å². The molecule has 2 rings (SSSR count). The zero-order valence-electron chi connectivity index (χ0n) is 12.2. The molecule has 1 N–H and O–H groups in total. The molecule has 1 amide bonds. The molecule has 1 saturated heterocycles. The second-order valence-corrected chi connectivity index (χ2v) is 5.68. The van der Waals surface area contributed by atoms with Gasteiger partial charge in [-0.3, -0.25) is 14.3 Å². The number of rotatable bonds is 4. The van der Waals surface area contributed by atoms with Gasteiger partial charge in [-0.2, -0.15) is 5.10 Å². The molecule has 6 nitrogen and oxygen atoms in total. The van der Waals surface area contributed by atoms with Crippen molar-refractivity contribution in [3.05, 3.63) is 18.0 Å². The van der Waals surface area contributed by atoms with E-state index in [1.165, 1.54) is 0 Å². The van der Waals surface area contributed by atoms with Crippen LogP contribution in [0.15, 0.2) is 12.4 Å². The van der Waals surface area contributed by atoms with Crippen LogP contribution in [0, 0.1) is 11.3 Å². The molecule has 1 atom stereocenters. The first kappa shape index (κ1) is 14.6. The van der Waals surface area contributed by atoms with Gasteiger partial charge in [-0.1, -0.05) is 13.8 Å². The Hall–Kier alpha value is -1.85. The van der Waals surface area contributed by atoms with Crippen LogP contribution < -0.4 is 0 Å². The number of likely N-dealkylation sites (tertiary alicyclic amines) is 1. The van der Waals surface area contributed by atoms with Crippen LogP contribution in [0.5, 0.6) is 0 Å². The fraction of sp³-hybridized carbons (Fsp3) is 0.643. The Morgan fingerprint density at radius 1 is 1.50 bits per heavy atom. The van der Waals surface area contributed by atoms with E-state index in [1.807, 2.05) is 20.8 Å². The molecule has 0 aliphatic carbocycles. The number of aryl methyl sites for hydroxylation is 1. The number of carbonyl (C=O) groups is 2. The molecule has 2 heterocycles. The molecular formula is C14H21N3O3. The standard InChI is InChI=1S/C14H21N3O3/c1-4-17-8-11(7-15-17)12(18)16-6-5-14(9-16,10(2)3)13(19)20/h7-8,10H,4-6,9H2,1-3H3,(H,19,20). The van der Waals surface area contributed by atoms with Crippen molar-refractivity contribution < 1.29 is 14.7 Å². The second kappa shape index (κ2) is 5.26. The highest BCUT2D eigenvalue weighted by Crippen LogP contribution is 2.38. The molecule has 110 valence electrons. The monoisotopic (exact) mass is 279 g/mol. The lowest BCUT2D eigenvalue weighted by Gasteiger charge is -2.28. The molecule has 1 aliphatic rings. The first-order valence-corrected chi connectivity index (χ1v) is 6.96. The number of hydrogen-bond acceptors (Lipinski definition) is 3. The average Bonchev–Trinajstić information content (AvgIpc) is 3.05. The maximum atomic E-state index is 12.4. The van der Waals surface area contributed by atoms with E-state index in [0.717, 1.165) is 0 Å². The lowest BCUT2D eigenvalue weighted by atomic mass is 9.76. The molecule has 0 radical (unpaired) electrons. The summed E-state index contributed by atoms with van der Waals surface area (Å²) in [5.41, 5.74) is -0.298. The second-order valence-electron chi connectivity index (χ2n) is 5.68. The number of hydrogen-bond donors (Lipinski definition) is 1. The minimum atomic E-state index is -0.823. The minimum Gasteiger partial charge on any atom is -0.481 e. The predicted molar refractivity (Wildman–Crippen MR) is 73.3 cm³/mol. The number of carbonyl (C=O) groups excluding carboxylic acids is 1. The summed E-state index contributed by atoms with van der Waals surface area (Å²) >= 11 is 0. The Bertz CT molecular complexity index is 523. The van der Waals surface area contributed by atoms with Crippen LogP contribution in [0.4, 0.5) is 0 Å². The van der Waals surface area contributed by atoms with E-state index in [4.69, 9.17) is 0 Å². The van der Waals surface area contributed by atoms with E-state index in [0.29, 0.717) is 25.1 Å². The molecule has 0 spiro atoms. The van der Waals surface area contributed by atoms with Gasteiger partial charge in [0, 0.05) is 25.8 Å². The van der Waals surface area contributed by atoms with Gasteiger partial charge >= 0.3 is 5.97 Å². The van der Waals surface area contributed by atoms with E-state index in [-0.39, 0.29) is 18.4 Å². The van der Waals surface area contributed by atoms with Gasteiger partial charge in [0.2, 0.25) is 0 Å². The quantitative estimate of drug-likeness (QED) is 0.905. The fourth-order valence-electron chi connectivity index (χ4n) is 2.73. The van der Waals surface area contributed by atoms with Gasteiger partial charge in [0.15, 0.2) is 0 Å². The van der Waals surface area contributed by atoms with Gasteiger partial charge in [0.1, 0.15) is 0 Å². The molecule has 1 aromatic rings. The average molecular weight is 279 g/mol. The lowest BCUT2D eigenvalue weighted by molar-refractivity contribution is -0.150. The first-order valence-electron chi connectivity index (χ1n) is 6.96. The van der Waals surface area contributed by atoms with Crippen LogP contribution in [0.2, 0.25) is 0 Å². The lowest BCUT2D eigenvalue weighted by Crippen LogP contribution is -2.40. The number of carboxylic acids is 1. The zero-order chi connectivity index (χ0) is 14.9. The number of carboxylic acid groups (broad SMARTS) is 1. The van der Waals surface area contributed by atoms with Crippen LogP contribution in [0.25, 0.3) is 0 Å². The van der Waals surface area contributed by atoms with Gasteiger partial charge in [-0.15, -0.1) is 0 Å². The van der Waals surface area contributed by atoms with Crippen LogP contribution in [0.3, 0.4) is 0 Å². The molecule has 1 aromatic heterocycles. The van der Waals surface area contributed by atoms with E-state index >= 15 is 0 Å². The summed E-state index contributed by atoms with van der Waals surface area (Å²) in [7, 11) is 0. The maximum Gasteiger partial charge on any atom is 0.311 e. The summed E-state index contributed by atoms with van der Waals surface area (Å²) in [4.78, 5) is 25.6. The largest absolute Gasteiger partial charge is 0.481 e. The Balaban J connectivity index is 2.16. The predicted octanol–water partition coefficient (Wildman–Crippen LogP) is 1.48. The van der Waals surface area contributed by atoms with Crippen LogP contribution >= 0.6 is 0 Å². The summed E-state index contributed by atoms with van der Waals surface area (Å²) in [6, 6.07) is 0. The molecule has 20 heavy (non-hydrogen) atoms. The highest BCUT2D eigenvalue weighted by Gasteiger charge is 2.48. The van der Waals surface area contributed by atoms with Crippen molar-refractivity contribution in [2.45, 2.75) is 33.7 Å². The zero-order valence-corrected chi connectivity index (χ0v) is 12.2. The van der Waals surface area contributed by atoms with Crippen LogP contribution in [-0.4, -0.2) is 44.8 Å². The molecular weight excluding hydrogens is 258 g/mol. The van der Waals surface area contributed by atoms with Crippen molar-refractivity contribution in [1.29, 1.82) is 0 Å². The third kappa shape index (κ3) is 2.30. The molecule has 0 aromatic carbocycles. The van der Waals surface area contributed by atoms with E-state index in [2.05, 4.69) is 5.10 Å². The minimum absolute atomic E-state index is 0.00355.